The van der Waals surface area contributed by atoms with Crippen LogP contribution in [0.4, 0.5) is 14.4 Å². The van der Waals surface area contributed by atoms with E-state index < -0.39 is 18.5 Å². The number of rotatable bonds is 0. The van der Waals surface area contributed by atoms with E-state index in [0.717, 1.165) is 0 Å². The molecule has 0 aromatic carbocycles. The van der Waals surface area contributed by atoms with Gasteiger partial charge in [-0.05, 0) is 0 Å². The van der Waals surface area contributed by atoms with Crippen molar-refractivity contribution in [2.75, 3.05) is 0 Å². The summed E-state index contributed by atoms with van der Waals surface area (Å²) in [7, 11) is 0. The number of carboxylic acid groups (broad SMARTS) is 2. The van der Waals surface area contributed by atoms with Gasteiger partial charge in [-0.1, -0.05) is 0 Å². The van der Waals surface area contributed by atoms with E-state index in [1.165, 1.54) is 0 Å². The molecule has 0 rings (SSSR count). The van der Waals surface area contributed by atoms with E-state index in [-0.39, 0.29) is 156 Å². The van der Waals surface area contributed by atoms with Gasteiger partial charge < -0.3 is 19.7 Å². The summed E-state index contributed by atoms with van der Waals surface area (Å²) in [6.45, 7) is 0. The monoisotopic (exact) mass is 346 g/mol. The molecule has 0 bridgehead atoms. The molecule has 0 saturated carbocycles. The van der Waals surface area contributed by atoms with E-state index in [4.69, 9.17) is 10.2 Å². The van der Waals surface area contributed by atoms with Gasteiger partial charge in [0.25, 0.3) is 0 Å². The maximum atomic E-state index is 9.86. The molecule has 0 radical (unpaired) electrons. The molecule has 0 fully saturated rings. The first-order valence-electron chi connectivity index (χ1n) is 1.88. The fraction of sp³-hybridized carbons (Fsp3) is 0. The third-order valence-corrected chi connectivity index (χ3v) is 0.341. The van der Waals surface area contributed by atoms with E-state index in [2.05, 4.69) is 9.47 Å². The van der Waals surface area contributed by atoms with Crippen molar-refractivity contribution in [3.8, 4) is 0 Å². The second-order valence-electron chi connectivity index (χ2n) is 0.986. The SMILES string of the molecule is O=C(O)OC(=O)OC(=O)O.[AlH3].[AlH3].[CaH2].[CaH2].[MgH2].[MgH2]. The summed E-state index contributed by atoms with van der Waals surface area (Å²) >= 11 is 0. The molecule has 0 heterocycles. The van der Waals surface area contributed by atoms with Gasteiger partial charge >= 0.3 is 140 Å². The molecule has 0 aliphatic carbocycles. The molecule has 0 amide bonds. The average molecular weight is 347 g/mol. The topological polar surface area (TPSA) is 110 Å². The smallest absolute Gasteiger partial charge is 0.316 e. The molecule has 0 aromatic rings. The molecule has 0 spiro atoms. The Balaban J connectivity index is -0.0000000270. The molecule has 7 nitrogen and oxygen atoms in total. The maximum Gasteiger partial charge on any atom is 0.316 e. The van der Waals surface area contributed by atoms with Crippen LogP contribution in [0.15, 0.2) is 0 Å². The molecular weight excluding hydrogens is 331 g/mol. The predicted molar refractivity (Wildman–Crippen MR) is 77.7 cm³/mol. The number of hydrogen-bond donors (Lipinski definition) is 2. The first-order chi connectivity index (χ1) is 4.52. The largest absolute Gasteiger partial charge is 0.316 e. The van der Waals surface area contributed by atoms with Crippen LogP contribution in [0.3, 0.4) is 0 Å². The van der Waals surface area contributed by atoms with Gasteiger partial charge in [0.05, 0.1) is 0 Å². The number of hydrogen-bond acceptors (Lipinski definition) is 5. The van der Waals surface area contributed by atoms with Crippen LogP contribution in [0.1, 0.15) is 0 Å². The van der Waals surface area contributed by atoms with Gasteiger partial charge in [0, 0.05) is 0 Å². The molecule has 84 valence electrons. The van der Waals surface area contributed by atoms with Gasteiger partial charge in [-0.3, -0.25) is 0 Å². The minimum absolute atomic E-state index is 0. The third kappa shape index (κ3) is 36.0. The zero-order valence-corrected chi connectivity index (χ0v) is 4.44. The van der Waals surface area contributed by atoms with Crippen molar-refractivity contribution in [3.63, 3.8) is 0 Å². The zero-order chi connectivity index (χ0) is 8.15. The van der Waals surface area contributed by atoms with Gasteiger partial charge in [-0.15, -0.1) is 0 Å². The van der Waals surface area contributed by atoms with Crippen LogP contribution >= 0.6 is 0 Å². The normalized spacial score (nSPS) is 5.00. The first kappa shape index (κ1) is 42.7. The maximum absolute atomic E-state index is 9.86. The van der Waals surface area contributed by atoms with E-state index in [1.807, 2.05) is 0 Å². The summed E-state index contributed by atoms with van der Waals surface area (Å²) in [5.74, 6) is 0. The number of carbonyl (C=O) groups is 3. The average Bonchev–Trinajstić information content (AvgIpc) is 1.58. The molecule has 0 aliphatic heterocycles. The molecule has 13 heteroatoms. The summed E-state index contributed by atoms with van der Waals surface area (Å²) in [5, 5.41) is 15.4. The Morgan fingerprint density at radius 2 is 0.938 bits per heavy atom. The second-order valence-corrected chi connectivity index (χ2v) is 0.986. The second kappa shape index (κ2) is 26.8. The standard InChI is InChI=1S/C3H2O7.2Al.2Ca.2Mg.14H/c4-1(5)9-3(8)10-2(6)7;;;;;;;;;;;;;;;;;;;;/h(H,4,5)(H,6,7);;;;;;;;;;;;;;;;;;;;. The van der Waals surface area contributed by atoms with Gasteiger partial charge in [0.2, 0.25) is 0 Å². The molecule has 2 N–H and O–H groups in total. The summed E-state index contributed by atoms with van der Waals surface area (Å²) in [6, 6.07) is 0. The Morgan fingerprint density at radius 1 is 0.750 bits per heavy atom. The van der Waals surface area contributed by atoms with Crippen LogP contribution in [0, 0.1) is 0 Å². The molecular formula is C3H16Al2Ca2Mg2O7. The predicted octanol–water partition coefficient (Wildman–Crippen LogP) is -5.54. The Hall–Kier alpha value is 3.33. The molecule has 0 saturated heterocycles. The van der Waals surface area contributed by atoms with E-state index in [9.17, 15) is 14.4 Å². The van der Waals surface area contributed by atoms with Gasteiger partial charge in [0.1, 0.15) is 0 Å². The zero-order valence-electron chi connectivity index (χ0n) is 4.44. The molecule has 0 unspecified atom stereocenters. The summed E-state index contributed by atoms with van der Waals surface area (Å²) in [6.07, 6.45) is -5.64. The van der Waals surface area contributed by atoms with Crippen molar-refractivity contribution in [2.24, 2.45) is 0 Å². The quantitative estimate of drug-likeness (QED) is 0.256. The van der Waals surface area contributed by atoms with Crippen LogP contribution in [0.2, 0.25) is 0 Å². The minimum Gasteiger partial charge on any atom is 0.316 e. The Kier molecular flexibility index (Phi) is 71.6. The fourth-order valence-electron chi connectivity index (χ4n) is 0.163. The Labute approximate surface area is 204 Å². The molecule has 0 aliphatic rings. The van der Waals surface area contributed by atoms with Gasteiger partial charge in [-0.2, -0.15) is 0 Å². The Morgan fingerprint density at radius 3 is 1.06 bits per heavy atom. The van der Waals surface area contributed by atoms with Crippen LogP contribution in [0.5, 0.6) is 0 Å². The first-order valence-corrected chi connectivity index (χ1v) is 1.88. The van der Waals surface area contributed by atoms with Crippen molar-refractivity contribution >= 4 is 175 Å². The summed E-state index contributed by atoms with van der Waals surface area (Å²) < 4.78 is 6.47. The van der Waals surface area contributed by atoms with Crippen LogP contribution in [-0.4, -0.2) is 185 Å². The van der Waals surface area contributed by atoms with Gasteiger partial charge in [-0.25, -0.2) is 14.4 Å². The number of carbonyl (C=O) groups excluding carboxylic acids is 1. The van der Waals surface area contributed by atoms with Crippen LogP contribution < -0.4 is 0 Å². The van der Waals surface area contributed by atoms with Crippen LogP contribution in [-0.2, 0) is 9.47 Å². The van der Waals surface area contributed by atoms with Crippen molar-refractivity contribution in [3.05, 3.63) is 0 Å². The Bertz CT molecular complexity index is 176. The molecule has 0 aromatic heterocycles. The summed E-state index contributed by atoms with van der Waals surface area (Å²) in [4.78, 5) is 28.8. The third-order valence-electron chi connectivity index (χ3n) is 0.341. The van der Waals surface area contributed by atoms with Crippen molar-refractivity contribution in [1.82, 2.24) is 0 Å². The molecule has 0 atom stereocenters. The van der Waals surface area contributed by atoms with E-state index >= 15 is 0 Å². The fourth-order valence-corrected chi connectivity index (χ4v) is 0.163. The molecule has 16 heavy (non-hydrogen) atoms. The van der Waals surface area contributed by atoms with Gasteiger partial charge in [0.15, 0.2) is 34.7 Å². The van der Waals surface area contributed by atoms with Crippen molar-refractivity contribution in [1.29, 1.82) is 0 Å². The summed E-state index contributed by atoms with van der Waals surface area (Å²) in [5.41, 5.74) is 0. The van der Waals surface area contributed by atoms with E-state index in [0.29, 0.717) is 0 Å². The number of ether oxygens (including phenoxy) is 2. The van der Waals surface area contributed by atoms with Crippen molar-refractivity contribution in [2.45, 2.75) is 0 Å². The van der Waals surface area contributed by atoms with Crippen molar-refractivity contribution < 1.29 is 34.1 Å². The van der Waals surface area contributed by atoms with E-state index in [1.54, 1.807) is 0 Å². The minimum atomic E-state index is -1.92. The van der Waals surface area contributed by atoms with Crippen LogP contribution in [0.25, 0.3) is 0 Å².